The number of carbonyl (C=O) groups excluding carboxylic acids is 1. The summed E-state index contributed by atoms with van der Waals surface area (Å²) in [7, 11) is 0. The fourth-order valence-electron chi connectivity index (χ4n) is 5.05. The topological polar surface area (TPSA) is 65.7 Å². The third kappa shape index (κ3) is 6.23. The molecule has 0 aliphatic rings. The Morgan fingerprint density at radius 2 is 1.58 bits per heavy atom. The zero-order chi connectivity index (χ0) is 26.6. The number of halogens is 1. The van der Waals surface area contributed by atoms with Gasteiger partial charge in [-0.15, -0.1) is 0 Å². The number of aromatic nitrogens is 1. The standard InChI is InChI=1S/C30H39FN2O3/c1-19(2)32(20(3)4)29(36)18-25(35)17-24(34)15-16-28-30(22-11-13-23(31)14-12-22)26-9-7-8-10-27(26)33(28)21(5)6/h7-16,19-21,24-25,34-35H,17-18H2,1-6H3/t24-,25-/m1/s1. The maximum atomic E-state index is 13.7. The molecule has 3 rings (SSSR count). The van der Waals surface area contributed by atoms with Crippen molar-refractivity contribution in [1.82, 2.24) is 9.47 Å². The number of hydrogen-bond donors (Lipinski definition) is 2. The molecule has 1 aromatic heterocycles. The minimum absolute atomic E-state index is 0.0334. The second-order valence-electron chi connectivity index (χ2n) is 10.3. The minimum Gasteiger partial charge on any atom is -0.392 e. The van der Waals surface area contributed by atoms with Crippen molar-refractivity contribution >= 4 is 22.9 Å². The summed E-state index contributed by atoms with van der Waals surface area (Å²) >= 11 is 0. The van der Waals surface area contributed by atoms with Crippen LogP contribution in [0.25, 0.3) is 28.1 Å². The average Bonchev–Trinajstić information content (AvgIpc) is 3.12. The van der Waals surface area contributed by atoms with Crippen LogP contribution >= 0.6 is 0 Å². The number of rotatable bonds is 10. The summed E-state index contributed by atoms with van der Waals surface area (Å²) in [5, 5.41) is 22.3. The SMILES string of the molecule is CC(C)N(C(=O)C[C@H](O)C[C@H](O)C=Cc1c(-c2ccc(F)cc2)c2ccccc2n1C(C)C)C(C)C. The molecule has 2 N–H and O–H groups in total. The Morgan fingerprint density at radius 1 is 0.972 bits per heavy atom. The van der Waals surface area contributed by atoms with Crippen LogP contribution in [0.4, 0.5) is 4.39 Å². The van der Waals surface area contributed by atoms with Gasteiger partial charge in [-0.2, -0.15) is 0 Å². The van der Waals surface area contributed by atoms with E-state index in [0.29, 0.717) is 0 Å². The van der Waals surface area contributed by atoms with Crippen LogP contribution in [0.3, 0.4) is 0 Å². The molecule has 0 spiro atoms. The van der Waals surface area contributed by atoms with Gasteiger partial charge in [0.2, 0.25) is 5.91 Å². The fraction of sp³-hybridized carbons (Fsp3) is 0.433. The highest BCUT2D eigenvalue weighted by Crippen LogP contribution is 2.38. The third-order valence-electron chi connectivity index (χ3n) is 6.40. The quantitative estimate of drug-likeness (QED) is 0.353. The Kier molecular flexibility index (Phi) is 9.09. The van der Waals surface area contributed by atoms with Gasteiger partial charge >= 0.3 is 0 Å². The maximum Gasteiger partial charge on any atom is 0.225 e. The number of carbonyl (C=O) groups is 1. The van der Waals surface area contributed by atoms with Crippen LogP contribution in [0, 0.1) is 5.82 Å². The largest absolute Gasteiger partial charge is 0.392 e. The molecule has 0 fully saturated rings. The molecule has 2 atom stereocenters. The molecule has 5 nitrogen and oxygen atoms in total. The number of aliphatic hydroxyl groups is 2. The van der Waals surface area contributed by atoms with Gasteiger partial charge in [-0.05, 0) is 71.4 Å². The lowest BCUT2D eigenvalue weighted by Gasteiger charge is -2.31. The van der Waals surface area contributed by atoms with Crippen LogP contribution in [0.1, 0.15) is 66.1 Å². The van der Waals surface area contributed by atoms with Gasteiger partial charge in [-0.3, -0.25) is 4.79 Å². The summed E-state index contributed by atoms with van der Waals surface area (Å²) in [6.45, 7) is 12.0. The van der Waals surface area contributed by atoms with Crippen LogP contribution in [0.15, 0.2) is 54.6 Å². The lowest BCUT2D eigenvalue weighted by atomic mass is 10.0. The predicted molar refractivity (Wildman–Crippen MR) is 145 cm³/mol. The van der Waals surface area contributed by atoms with Crippen LogP contribution in [0.2, 0.25) is 0 Å². The Hall–Kier alpha value is -2.96. The monoisotopic (exact) mass is 494 g/mol. The van der Waals surface area contributed by atoms with Crippen molar-refractivity contribution in [3.8, 4) is 11.1 Å². The molecule has 0 aliphatic heterocycles. The first-order valence-corrected chi connectivity index (χ1v) is 12.8. The summed E-state index contributed by atoms with van der Waals surface area (Å²) in [6.07, 6.45) is 1.67. The highest BCUT2D eigenvalue weighted by Gasteiger charge is 2.24. The first-order chi connectivity index (χ1) is 17.0. The Labute approximate surface area is 213 Å². The summed E-state index contributed by atoms with van der Waals surface area (Å²) < 4.78 is 15.8. The van der Waals surface area contributed by atoms with Crippen LogP contribution in [-0.2, 0) is 4.79 Å². The van der Waals surface area contributed by atoms with Crippen molar-refractivity contribution in [2.75, 3.05) is 0 Å². The third-order valence-corrected chi connectivity index (χ3v) is 6.40. The van der Waals surface area contributed by atoms with Crippen LogP contribution < -0.4 is 0 Å². The molecule has 194 valence electrons. The molecule has 0 saturated heterocycles. The van der Waals surface area contributed by atoms with Crippen molar-refractivity contribution in [3.63, 3.8) is 0 Å². The van der Waals surface area contributed by atoms with Crippen molar-refractivity contribution in [1.29, 1.82) is 0 Å². The molecule has 0 bridgehead atoms. The van der Waals surface area contributed by atoms with Gasteiger partial charge in [0.05, 0.1) is 18.6 Å². The Balaban J connectivity index is 1.89. The summed E-state index contributed by atoms with van der Waals surface area (Å²) in [4.78, 5) is 14.4. The van der Waals surface area contributed by atoms with Crippen molar-refractivity contribution in [3.05, 3.63) is 66.1 Å². The van der Waals surface area contributed by atoms with Gasteiger partial charge in [0.25, 0.3) is 0 Å². The van der Waals surface area contributed by atoms with E-state index in [-0.39, 0.29) is 42.7 Å². The van der Waals surface area contributed by atoms with Crippen LogP contribution in [0.5, 0.6) is 0 Å². The van der Waals surface area contributed by atoms with Gasteiger partial charge in [0.15, 0.2) is 0 Å². The van der Waals surface area contributed by atoms with E-state index in [1.807, 2.05) is 52.0 Å². The smallest absolute Gasteiger partial charge is 0.225 e. The molecule has 3 aromatic rings. The zero-order valence-electron chi connectivity index (χ0n) is 22.1. The molecule has 1 heterocycles. The lowest BCUT2D eigenvalue weighted by molar-refractivity contribution is -0.137. The number of aliphatic hydroxyl groups excluding tert-OH is 2. The van der Waals surface area contributed by atoms with Gasteiger partial charge in [0, 0.05) is 46.7 Å². The predicted octanol–water partition coefficient (Wildman–Crippen LogP) is 6.19. The molecule has 2 aromatic carbocycles. The lowest BCUT2D eigenvalue weighted by Crippen LogP contribution is -2.43. The highest BCUT2D eigenvalue weighted by atomic mass is 19.1. The van der Waals surface area contributed by atoms with E-state index in [1.165, 1.54) is 12.1 Å². The number of nitrogens with zero attached hydrogens (tertiary/aromatic N) is 2. The second-order valence-corrected chi connectivity index (χ2v) is 10.3. The number of amides is 1. The summed E-state index contributed by atoms with van der Waals surface area (Å²) in [5.74, 6) is -0.418. The van der Waals surface area contributed by atoms with Crippen molar-refractivity contribution in [2.24, 2.45) is 0 Å². The van der Waals surface area contributed by atoms with E-state index in [0.717, 1.165) is 27.7 Å². The minimum atomic E-state index is -0.954. The van der Waals surface area contributed by atoms with E-state index >= 15 is 0 Å². The number of fused-ring (bicyclic) bond motifs is 1. The van der Waals surface area contributed by atoms with Gasteiger partial charge < -0.3 is 19.7 Å². The molecule has 0 unspecified atom stereocenters. The van der Waals surface area contributed by atoms with Gasteiger partial charge in [0.1, 0.15) is 5.82 Å². The van der Waals surface area contributed by atoms with E-state index in [1.54, 1.807) is 23.1 Å². The maximum absolute atomic E-state index is 13.7. The number of benzene rings is 2. The van der Waals surface area contributed by atoms with Crippen molar-refractivity contribution in [2.45, 2.75) is 84.7 Å². The average molecular weight is 495 g/mol. The van der Waals surface area contributed by atoms with E-state index in [4.69, 9.17) is 0 Å². The molecule has 6 heteroatoms. The molecule has 0 aliphatic carbocycles. The molecule has 0 saturated carbocycles. The van der Waals surface area contributed by atoms with E-state index in [9.17, 15) is 19.4 Å². The molecular weight excluding hydrogens is 455 g/mol. The second kappa shape index (κ2) is 11.8. The van der Waals surface area contributed by atoms with E-state index < -0.39 is 12.2 Å². The number of para-hydroxylation sites is 1. The van der Waals surface area contributed by atoms with Gasteiger partial charge in [-0.25, -0.2) is 4.39 Å². The molecule has 36 heavy (non-hydrogen) atoms. The Morgan fingerprint density at radius 3 is 2.17 bits per heavy atom. The first-order valence-electron chi connectivity index (χ1n) is 12.8. The molecule has 1 amide bonds. The molecular formula is C30H39FN2O3. The number of hydrogen-bond acceptors (Lipinski definition) is 3. The normalized spacial score (nSPS) is 13.9. The van der Waals surface area contributed by atoms with Gasteiger partial charge in [-0.1, -0.05) is 36.4 Å². The highest BCUT2D eigenvalue weighted by molar-refractivity contribution is 6.01. The summed E-state index contributed by atoms with van der Waals surface area (Å²) in [5.41, 5.74) is 3.79. The Bertz CT molecular complexity index is 1190. The molecule has 0 radical (unpaired) electrons. The fourth-order valence-corrected chi connectivity index (χ4v) is 5.05. The first kappa shape index (κ1) is 27.6. The summed E-state index contributed by atoms with van der Waals surface area (Å²) in [6, 6.07) is 14.7. The zero-order valence-corrected chi connectivity index (χ0v) is 22.1. The van der Waals surface area contributed by atoms with Crippen LogP contribution in [-0.4, -0.2) is 49.9 Å². The van der Waals surface area contributed by atoms with E-state index in [2.05, 4.69) is 24.5 Å². The van der Waals surface area contributed by atoms with Crippen molar-refractivity contribution < 1.29 is 19.4 Å².